The normalized spacial score (nSPS) is 39.2. The van der Waals surface area contributed by atoms with Gasteiger partial charge < -0.3 is 4.74 Å². The van der Waals surface area contributed by atoms with Crippen molar-refractivity contribution >= 4 is 0 Å². The third-order valence-electron chi connectivity index (χ3n) is 3.38. The van der Waals surface area contributed by atoms with Crippen LogP contribution >= 0.6 is 0 Å². The minimum Gasteiger partial charge on any atom is -0.378 e. The summed E-state index contributed by atoms with van der Waals surface area (Å²) in [4.78, 5) is 0. The second-order valence-corrected chi connectivity index (χ2v) is 4.52. The number of fused-ring (bicyclic) bond motifs is 2. The lowest BCUT2D eigenvalue weighted by Crippen LogP contribution is -2.38. The lowest BCUT2D eigenvalue weighted by Gasteiger charge is -2.45. The van der Waals surface area contributed by atoms with Crippen molar-refractivity contribution in [1.29, 1.82) is 0 Å². The van der Waals surface area contributed by atoms with Gasteiger partial charge in [-0.1, -0.05) is 13.3 Å². The van der Waals surface area contributed by atoms with E-state index < -0.39 is 0 Å². The molecule has 12 heavy (non-hydrogen) atoms. The predicted molar refractivity (Wildman–Crippen MR) is 50.1 cm³/mol. The molecular weight excluding hydrogens is 148 g/mol. The van der Waals surface area contributed by atoms with Gasteiger partial charge in [0.25, 0.3) is 0 Å². The Labute approximate surface area is 75.5 Å². The number of rotatable bonds is 4. The molecule has 3 aliphatic rings. The van der Waals surface area contributed by atoms with Crippen LogP contribution in [0.4, 0.5) is 0 Å². The van der Waals surface area contributed by atoms with Crippen LogP contribution in [-0.2, 0) is 4.74 Å². The van der Waals surface area contributed by atoms with Gasteiger partial charge in [-0.2, -0.15) is 0 Å². The maximum absolute atomic E-state index is 5.82. The van der Waals surface area contributed by atoms with Crippen LogP contribution in [0.15, 0.2) is 0 Å². The Balaban J connectivity index is 1.62. The van der Waals surface area contributed by atoms with Gasteiger partial charge in [0.2, 0.25) is 0 Å². The van der Waals surface area contributed by atoms with Gasteiger partial charge in [-0.15, -0.1) is 0 Å². The van der Waals surface area contributed by atoms with Crippen molar-refractivity contribution in [3.05, 3.63) is 0 Å². The van der Waals surface area contributed by atoms with E-state index in [0.29, 0.717) is 6.10 Å². The highest BCUT2D eigenvalue weighted by Gasteiger charge is 2.38. The van der Waals surface area contributed by atoms with E-state index in [1.54, 1.807) is 0 Å². The summed E-state index contributed by atoms with van der Waals surface area (Å²) in [5.74, 6) is 2.07. The number of hydrogen-bond acceptors (Lipinski definition) is 1. The Kier molecular flexibility index (Phi) is 2.69. The van der Waals surface area contributed by atoms with Crippen LogP contribution < -0.4 is 0 Å². The molecule has 0 radical (unpaired) electrons. The molecule has 0 atom stereocenters. The van der Waals surface area contributed by atoms with Gasteiger partial charge >= 0.3 is 0 Å². The SMILES string of the molecule is CCCCOC1C[C@H]2C[C@@H](C1)C2. The smallest absolute Gasteiger partial charge is 0.0580 e. The molecule has 1 nitrogen and oxygen atoms in total. The van der Waals surface area contributed by atoms with E-state index in [4.69, 9.17) is 4.74 Å². The Morgan fingerprint density at radius 1 is 1.08 bits per heavy atom. The number of hydrogen-bond donors (Lipinski definition) is 0. The molecule has 3 saturated carbocycles. The Morgan fingerprint density at radius 2 is 1.75 bits per heavy atom. The first kappa shape index (κ1) is 8.55. The minimum absolute atomic E-state index is 0.633. The van der Waals surface area contributed by atoms with Crippen LogP contribution in [0.2, 0.25) is 0 Å². The zero-order chi connectivity index (χ0) is 8.39. The van der Waals surface area contributed by atoms with E-state index in [0.717, 1.165) is 18.4 Å². The highest BCUT2D eigenvalue weighted by Crippen LogP contribution is 2.46. The summed E-state index contributed by atoms with van der Waals surface area (Å²) in [6.45, 7) is 3.22. The maximum atomic E-state index is 5.82. The van der Waals surface area contributed by atoms with Gasteiger partial charge in [0, 0.05) is 6.61 Å². The molecule has 0 aromatic heterocycles. The number of unbranched alkanes of at least 4 members (excludes halogenated alkanes) is 1. The molecule has 0 amide bonds. The van der Waals surface area contributed by atoms with E-state index in [9.17, 15) is 0 Å². The fourth-order valence-corrected chi connectivity index (χ4v) is 2.63. The second kappa shape index (κ2) is 3.78. The van der Waals surface area contributed by atoms with Crippen molar-refractivity contribution in [3.8, 4) is 0 Å². The fourth-order valence-electron chi connectivity index (χ4n) is 2.63. The molecule has 0 saturated heterocycles. The molecule has 0 aliphatic heterocycles. The molecule has 0 N–H and O–H groups in total. The van der Waals surface area contributed by atoms with Gasteiger partial charge in [-0.25, -0.2) is 0 Å². The van der Waals surface area contributed by atoms with E-state index in [1.807, 2.05) is 0 Å². The molecule has 3 rings (SSSR count). The predicted octanol–water partition coefficient (Wildman–Crippen LogP) is 2.99. The fraction of sp³-hybridized carbons (Fsp3) is 1.00. The molecule has 70 valence electrons. The lowest BCUT2D eigenvalue weighted by atomic mass is 9.64. The third-order valence-corrected chi connectivity index (χ3v) is 3.38. The van der Waals surface area contributed by atoms with Crippen molar-refractivity contribution in [2.75, 3.05) is 6.61 Å². The van der Waals surface area contributed by atoms with E-state index in [-0.39, 0.29) is 0 Å². The molecule has 0 heterocycles. The third kappa shape index (κ3) is 1.82. The molecule has 1 heteroatoms. The van der Waals surface area contributed by atoms with Gasteiger partial charge in [0.15, 0.2) is 0 Å². The van der Waals surface area contributed by atoms with Crippen molar-refractivity contribution in [1.82, 2.24) is 0 Å². The van der Waals surface area contributed by atoms with Crippen LogP contribution in [0, 0.1) is 11.8 Å². The summed E-state index contributed by atoms with van der Waals surface area (Å²) in [5, 5.41) is 0. The minimum atomic E-state index is 0.633. The Bertz CT molecular complexity index is 128. The molecule has 0 aromatic carbocycles. The van der Waals surface area contributed by atoms with Crippen molar-refractivity contribution < 1.29 is 4.74 Å². The summed E-state index contributed by atoms with van der Waals surface area (Å²) in [5.41, 5.74) is 0. The van der Waals surface area contributed by atoms with Crippen LogP contribution in [0.3, 0.4) is 0 Å². The van der Waals surface area contributed by atoms with Crippen molar-refractivity contribution in [3.63, 3.8) is 0 Å². The van der Waals surface area contributed by atoms with E-state index in [2.05, 4.69) is 6.92 Å². The zero-order valence-electron chi connectivity index (χ0n) is 8.09. The molecule has 0 aromatic rings. The first-order valence-electron chi connectivity index (χ1n) is 5.50. The van der Waals surface area contributed by atoms with Crippen LogP contribution in [0.5, 0.6) is 0 Å². The van der Waals surface area contributed by atoms with Crippen molar-refractivity contribution in [2.24, 2.45) is 11.8 Å². The van der Waals surface area contributed by atoms with Gasteiger partial charge in [-0.05, 0) is 43.9 Å². The largest absolute Gasteiger partial charge is 0.378 e. The van der Waals surface area contributed by atoms with E-state index in [1.165, 1.54) is 38.5 Å². The number of ether oxygens (including phenoxy) is 1. The first-order valence-corrected chi connectivity index (χ1v) is 5.50. The molecule has 2 bridgehead atoms. The summed E-state index contributed by atoms with van der Waals surface area (Å²) in [6, 6.07) is 0. The van der Waals surface area contributed by atoms with Gasteiger partial charge in [0.05, 0.1) is 6.10 Å². The average molecular weight is 168 g/mol. The quantitative estimate of drug-likeness (QED) is 0.586. The lowest BCUT2D eigenvalue weighted by molar-refractivity contribution is -0.0497. The maximum Gasteiger partial charge on any atom is 0.0580 e. The molecule has 3 aliphatic carbocycles. The Morgan fingerprint density at radius 3 is 2.33 bits per heavy atom. The summed E-state index contributed by atoms with van der Waals surface area (Å²) in [7, 11) is 0. The van der Waals surface area contributed by atoms with Gasteiger partial charge in [0.1, 0.15) is 0 Å². The summed E-state index contributed by atoms with van der Waals surface area (Å²) < 4.78 is 5.82. The molecule has 0 unspecified atom stereocenters. The van der Waals surface area contributed by atoms with Crippen LogP contribution in [0.25, 0.3) is 0 Å². The molecule has 3 fully saturated rings. The van der Waals surface area contributed by atoms with Crippen LogP contribution in [0.1, 0.15) is 45.4 Å². The summed E-state index contributed by atoms with van der Waals surface area (Å²) >= 11 is 0. The summed E-state index contributed by atoms with van der Waals surface area (Å²) in [6.07, 6.45) is 8.88. The van der Waals surface area contributed by atoms with Crippen LogP contribution in [-0.4, -0.2) is 12.7 Å². The zero-order valence-corrected chi connectivity index (χ0v) is 8.09. The topological polar surface area (TPSA) is 9.23 Å². The van der Waals surface area contributed by atoms with Crippen molar-refractivity contribution in [2.45, 2.75) is 51.6 Å². The molecular formula is C11H20O. The van der Waals surface area contributed by atoms with E-state index >= 15 is 0 Å². The average Bonchev–Trinajstić information content (AvgIpc) is 2.04. The second-order valence-electron chi connectivity index (χ2n) is 4.52. The Hall–Kier alpha value is -0.0400. The van der Waals surface area contributed by atoms with Gasteiger partial charge in [-0.3, -0.25) is 0 Å². The monoisotopic (exact) mass is 168 g/mol. The highest BCUT2D eigenvalue weighted by molar-refractivity contribution is 4.89. The molecule has 0 spiro atoms. The highest BCUT2D eigenvalue weighted by atomic mass is 16.5. The standard InChI is InChI=1S/C11H20O/c1-2-3-4-12-11-7-9-5-10(6-9)8-11/h9-11H,2-8H2,1H3/t9-,10+,11?. The first-order chi connectivity index (χ1) is 5.88.